The van der Waals surface area contributed by atoms with Gasteiger partial charge in [-0.25, -0.2) is 0 Å². The van der Waals surface area contributed by atoms with E-state index in [0.717, 1.165) is 25.0 Å². The van der Waals surface area contributed by atoms with Crippen molar-refractivity contribution in [1.82, 2.24) is 0 Å². The summed E-state index contributed by atoms with van der Waals surface area (Å²) < 4.78 is 48.1. The second-order valence-corrected chi connectivity index (χ2v) is 4.09. The fourth-order valence-electron chi connectivity index (χ4n) is 1.77. The summed E-state index contributed by atoms with van der Waals surface area (Å²) >= 11 is 0. The molecule has 7 heteroatoms. The maximum absolute atomic E-state index is 12.5. The predicted octanol–water partition coefficient (Wildman–Crippen LogP) is -0.697. The van der Waals surface area contributed by atoms with Crippen molar-refractivity contribution in [3.05, 3.63) is 24.3 Å². The monoisotopic (exact) mass is 284 g/mol. The normalized spacial score (nSPS) is 19.4. The molecule has 0 amide bonds. The minimum Gasteiger partial charge on any atom is -0.491 e. The average Bonchev–Trinajstić information content (AvgIpc) is 2.78. The van der Waals surface area contributed by atoms with Gasteiger partial charge in [0, 0.05) is 6.61 Å². The molecule has 0 aliphatic carbocycles. The minimum atomic E-state index is -4.96. The first-order chi connectivity index (χ1) is 8.05. The van der Waals surface area contributed by atoms with E-state index in [1.54, 1.807) is 0 Å². The molecule has 1 unspecified atom stereocenters. The first-order valence-corrected chi connectivity index (χ1v) is 5.60. The molecule has 1 aromatic rings. The van der Waals surface area contributed by atoms with Crippen LogP contribution in [0.15, 0.2) is 24.3 Å². The minimum absolute atomic E-state index is 0. The Hall–Kier alpha value is 0.471. The molecular formula is C11H13BF3KO2. The molecule has 2 nitrogen and oxygen atoms in total. The molecule has 1 fully saturated rings. The largest absolute Gasteiger partial charge is 1.00 e. The van der Waals surface area contributed by atoms with Crippen molar-refractivity contribution in [1.29, 1.82) is 0 Å². The number of halogens is 3. The van der Waals surface area contributed by atoms with E-state index in [-0.39, 0.29) is 63.2 Å². The number of hydrogen-bond donors (Lipinski definition) is 0. The predicted molar refractivity (Wildman–Crippen MR) is 59.6 cm³/mol. The van der Waals surface area contributed by atoms with E-state index in [4.69, 9.17) is 9.47 Å². The molecule has 0 spiro atoms. The van der Waals surface area contributed by atoms with Crippen LogP contribution in [0.2, 0.25) is 0 Å². The maximum Gasteiger partial charge on any atom is 1.00 e. The van der Waals surface area contributed by atoms with Gasteiger partial charge in [-0.15, -0.1) is 5.46 Å². The van der Waals surface area contributed by atoms with Crippen molar-refractivity contribution < 1.29 is 73.8 Å². The third kappa shape index (κ3) is 4.86. The van der Waals surface area contributed by atoms with Crippen LogP contribution in [-0.2, 0) is 4.74 Å². The van der Waals surface area contributed by atoms with Crippen LogP contribution in [0.1, 0.15) is 12.8 Å². The van der Waals surface area contributed by atoms with Gasteiger partial charge in [0.1, 0.15) is 12.4 Å². The van der Waals surface area contributed by atoms with Crippen molar-refractivity contribution in [3.63, 3.8) is 0 Å². The third-order valence-corrected chi connectivity index (χ3v) is 2.70. The van der Waals surface area contributed by atoms with Crippen LogP contribution >= 0.6 is 0 Å². The molecule has 1 saturated heterocycles. The number of rotatable bonds is 4. The molecule has 1 aromatic carbocycles. The summed E-state index contributed by atoms with van der Waals surface area (Å²) in [4.78, 5) is 0. The smallest absolute Gasteiger partial charge is 0.491 e. The van der Waals surface area contributed by atoms with Gasteiger partial charge in [0.05, 0.1) is 6.10 Å². The summed E-state index contributed by atoms with van der Waals surface area (Å²) in [6.45, 7) is -3.94. The molecule has 94 valence electrons. The summed E-state index contributed by atoms with van der Waals surface area (Å²) in [6, 6.07) is 4.98. The van der Waals surface area contributed by atoms with Gasteiger partial charge < -0.3 is 22.4 Å². The standard InChI is InChI=1S/C11H13BF3O2.K/c13-12(14,15)9-3-1-4-10(7-9)17-8-11-5-2-6-16-11;/h1,3-4,7,11H,2,5-6,8H2;/q-1;+1. The zero-order chi connectivity index (χ0) is 12.3. The zero-order valence-electron chi connectivity index (χ0n) is 10.2. The van der Waals surface area contributed by atoms with Gasteiger partial charge in [-0.1, -0.05) is 12.1 Å². The van der Waals surface area contributed by atoms with Gasteiger partial charge >= 0.3 is 58.4 Å². The topological polar surface area (TPSA) is 18.5 Å². The molecule has 0 radical (unpaired) electrons. The van der Waals surface area contributed by atoms with E-state index < -0.39 is 12.4 Å². The average molecular weight is 284 g/mol. The van der Waals surface area contributed by atoms with Crippen LogP contribution in [0.3, 0.4) is 0 Å². The van der Waals surface area contributed by atoms with Gasteiger partial charge in [0.15, 0.2) is 0 Å². The van der Waals surface area contributed by atoms with Crippen LogP contribution in [0.4, 0.5) is 12.9 Å². The van der Waals surface area contributed by atoms with E-state index in [1.165, 1.54) is 12.1 Å². The van der Waals surface area contributed by atoms with E-state index in [2.05, 4.69) is 0 Å². The van der Waals surface area contributed by atoms with Gasteiger partial charge in [0.25, 0.3) is 0 Å². The molecule has 0 aromatic heterocycles. The molecule has 1 aliphatic heterocycles. The molecule has 0 saturated carbocycles. The van der Waals surface area contributed by atoms with Crippen LogP contribution < -0.4 is 61.6 Å². The van der Waals surface area contributed by atoms with E-state index in [9.17, 15) is 12.9 Å². The fraction of sp³-hybridized carbons (Fsp3) is 0.455. The first-order valence-electron chi connectivity index (χ1n) is 5.60. The van der Waals surface area contributed by atoms with E-state index in [1.807, 2.05) is 0 Å². The Kier molecular flexibility index (Phi) is 6.71. The summed E-state index contributed by atoms with van der Waals surface area (Å²) in [6.07, 6.45) is 1.90. The molecule has 0 N–H and O–H groups in total. The van der Waals surface area contributed by atoms with Crippen molar-refractivity contribution >= 4 is 12.4 Å². The Morgan fingerprint density at radius 1 is 1.33 bits per heavy atom. The molecule has 18 heavy (non-hydrogen) atoms. The molecule has 1 heterocycles. The summed E-state index contributed by atoms with van der Waals surface area (Å²) in [7, 11) is 0. The quantitative estimate of drug-likeness (QED) is 0.681. The van der Waals surface area contributed by atoms with Gasteiger partial charge in [-0.2, -0.15) is 0 Å². The van der Waals surface area contributed by atoms with E-state index >= 15 is 0 Å². The molecule has 0 bridgehead atoms. The second-order valence-electron chi connectivity index (χ2n) is 4.09. The van der Waals surface area contributed by atoms with Crippen LogP contribution in [-0.4, -0.2) is 26.3 Å². The Balaban J connectivity index is 0.00000162. The first kappa shape index (κ1) is 16.5. The van der Waals surface area contributed by atoms with Gasteiger partial charge in [-0.05, 0) is 25.0 Å². The Morgan fingerprint density at radius 2 is 2.11 bits per heavy atom. The molecule has 2 rings (SSSR count). The molecular weight excluding hydrogens is 271 g/mol. The van der Waals surface area contributed by atoms with Crippen LogP contribution in [0.5, 0.6) is 5.75 Å². The number of ether oxygens (including phenoxy) is 2. The third-order valence-electron chi connectivity index (χ3n) is 2.70. The maximum atomic E-state index is 12.5. The van der Waals surface area contributed by atoms with Crippen LogP contribution in [0.25, 0.3) is 0 Å². The van der Waals surface area contributed by atoms with Gasteiger partial charge in [0.2, 0.25) is 0 Å². The summed E-state index contributed by atoms with van der Waals surface area (Å²) in [5.41, 5.74) is -0.630. The number of benzene rings is 1. The summed E-state index contributed by atoms with van der Waals surface area (Å²) in [5.74, 6) is 0.247. The van der Waals surface area contributed by atoms with E-state index in [0.29, 0.717) is 13.2 Å². The van der Waals surface area contributed by atoms with Crippen molar-refractivity contribution in [3.8, 4) is 5.75 Å². The van der Waals surface area contributed by atoms with Crippen molar-refractivity contribution in [2.45, 2.75) is 18.9 Å². The number of hydrogen-bond acceptors (Lipinski definition) is 2. The Labute approximate surface area is 147 Å². The molecule has 1 atom stereocenters. The van der Waals surface area contributed by atoms with Crippen molar-refractivity contribution in [2.24, 2.45) is 0 Å². The summed E-state index contributed by atoms with van der Waals surface area (Å²) in [5, 5.41) is 0. The molecule has 1 aliphatic rings. The van der Waals surface area contributed by atoms with Gasteiger partial charge in [-0.3, -0.25) is 0 Å². The zero-order valence-corrected chi connectivity index (χ0v) is 13.4. The second kappa shape index (κ2) is 7.31. The SMILES string of the molecule is F[B-](F)(F)c1cccc(OCC2CCCO2)c1.[K+]. The van der Waals surface area contributed by atoms with Crippen LogP contribution in [0, 0.1) is 0 Å². The Morgan fingerprint density at radius 3 is 2.72 bits per heavy atom. The fourth-order valence-corrected chi connectivity index (χ4v) is 1.77. The Bertz CT molecular complexity index is 381. The van der Waals surface area contributed by atoms with Crippen molar-refractivity contribution in [2.75, 3.05) is 13.2 Å².